The molecular formula is Co5Sn. The third-order valence-electron chi connectivity index (χ3n) is 0. The van der Waals surface area contributed by atoms with Crippen molar-refractivity contribution >= 4 is 23.9 Å². The molecule has 6 heavy (non-hydrogen) atoms. The Kier molecular flexibility index (Phi) is 393. The topological polar surface area (TPSA) is 0 Å². The van der Waals surface area contributed by atoms with E-state index < -0.39 is 0 Å². The first-order valence-electron chi connectivity index (χ1n) is 0. The Morgan fingerprint density at radius 1 is 0.333 bits per heavy atom. The van der Waals surface area contributed by atoms with Gasteiger partial charge in [0.1, 0.15) is 0 Å². The van der Waals surface area contributed by atoms with E-state index in [1.807, 2.05) is 0 Å². The second-order valence-corrected chi connectivity index (χ2v) is 0. The molecule has 0 atom stereocenters. The molecule has 0 nitrogen and oxygen atoms in total. The SMILES string of the molecule is [Co].[Co].[Co].[Co].[Co].[Sn]. The van der Waals surface area contributed by atoms with Gasteiger partial charge >= 0.3 is 0 Å². The van der Waals surface area contributed by atoms with E-state index in [-0.39, 0.29) is 108 Å². The predicted molar refractivity (Wildman–Crippen MR) is 5.75 cm³/mol. The maximum absolute atomic E-state index is 0. The molecule has 0 bridgehead atoms. The molecule has 0 heterocycles. The van der Waals surface area contributed by atoms with Crippen molar-refractivity contribution in [3.8, 4) is 0 Å². The summed E-state index contributed by atoms with van der Waals surface area (Å²) in [5.74, 6) is 0. The Morgan fingerprint density at radius 3 is 0.333 bits per heavy atom. The van der Waals surface area contributed by atoms with Crippen molar-refractivity contribution in [3.63, 3.8) is 0 Å². The number of hydrogen-bond acceptors (Lipinski definition) is 0. The molecule has 6 heteroatoms. The van der Waals surface area contributed by atoms with E-state index in [0.29, 0.717) is 0 Å². The van der Waals surface area contributed by atoms with E-state index in [2.05, 4.69) is 0 Å². The third kappa shape index (κ3) is 26.5. The Bertz CT molecular complexity index is 3.90. The van der Waals surface area contributed by atoms with E-state index in [1.165, 1.54) is 0 Å². The largest absolute Gasteiger partial charge is 0 e. The zero-order valence-corrected chi connectivity index (χ0v) is 10.2. The zero-order chi connectivity index (χ0) is 0. The molecule has 0 aromatic heterocycles. The monoisotopic (exact) mass is 415 g/mol. The van der Waals surface area contributed by atoms with Crippen LogP contribution in [-0.2, 0) is 83.9 Å². The first-order valence-corrected chi connectivity index (χ1v) is 0. The second kappa shape index (κ2) is 40.4. The molecule has 0 saturated carbocycles. The third-order valence-corrected chi connectivity index (χ3v) is 0. The maximum atomic E-state index is 0. The molecule has 0 aliphatic carbocycles. The van der Waals surface area contributed by atoms with Crippen LogP contribution in [0, 0.1) is 0 Å². The van der Waals surface area contributed by atoms with Crippen LogP contribution in [0.5, 0.6) is 0 Å². The summed E-state index contributed by atoms with van der Waals surface area (Å²) >= 11 is 0. The summed E-state index contributed by atoms with van der Waals surface area (Å²) in [6, 6.07) is 0. The van der Waals surface area contributed by atoms with Gasteiger partial charge in [0.2, 0.25) is 0 Å². The average Bonchev–Trinajstić information content (AvgIpc) is 0. The van der Waals surface area contributed by atoms with Crippen molar-refractivity contribution in [2.24, 2.45) is 0 Å². The summed E-state index contributed by atoms with van der Waals surface area (Å²) in [7, 11) is 0. The molecule has 0 fully saturated rings. The Morgan fingerprint density at radius 2 is 0.333 bits per heavy atom. The van der Waals surface area contributed by atoms with Gasteiger partial charge in [-0.25, -0.2) is 0 Å². The molecule has 0 rings (SSSR count). The Hall–Kier alpha value is 3.33. The van der Waals surface area contributed by atoms with Crippen molar-refractivity contribution in [2.75, 3.05) is 0 Å². The minimum atomic E-state index is 0. The first kappa shape index (κ1) is 58.4. The van der Waals surface area contributed by atoms with Crippen molar-refractivity contribution in [2.45, 2.75) is 0 Å². The molecule has 0 aromatic rings. The first-order chi connectivity index (χ1) is 0. The Labute approximate surface area is 106 Å². The van der Waals surface area contributed by atoms with Crippen LogP contribution in [0.3, 0.4) is 0 Å². The predicted octanol–water partition coefficient (Wildman–Crippen LogP) is -0.393. The summed E-state index contributed by atoms with van der Waals surface area (Å²) in [5.41, 5.74) is 0. The molecule has 0 N–H and O–H groups in total. The van der Waals surface area contributed by atoms with Crippen molar-refractivity contribution < 1.29 is 83.9 Å². The van der Waals surface area contributed by atoms with Gasteiger partial charge in [-0.1, -0.05) is 0 Å². The molecule has 0 aliphatic rings. The quantitative estimate of drug-likeness (QED) is 0.475. The number of hydrogen-bond donors (Lipinski definition) is 0. The van der Waals surface area contributed by atoms with Crippen LogP contribution in [0.2, 0.25) is 0 Å². The van der Waals surface area contributed by atoms with Gasteiger partial charge in [-0.05, 0) is 0 Å². The summed E-state index contributed by atoms with van der Waals surface area (Å²) in [6.45, 7) is 0. The molecule has 0 saturated heterocycles. The average molecular weight is 413 g/mol. The number of rotatable bonds is 0. The second-order valence-electron chi connectivity index (χ2n) is 0. The molecule has 9 radical (unpaired) electrons. The molecule has 49 valence electrons. The van der Waals surface area contributed by atoms with Crippen LogP contribution in [0.4, 0.5) is 0 Å². The van der Waals surface area contributed by atoms with Crippen LogP contribution in [0.15, 0.2) is 0 Å². The van der Waals surface area contributed by atoms with Crippen LogP contribution in [0.1, 0.15) is 0 Å². The van der Waals surface area contributed by atoms with Crippen LogP contribution in [0.25, 0.3) is 0 Å². The van der Waals surface area contributed by atoms with E-state index in [9.17, 15) is 0 Å². The fraction of sp³-hybridized carbons (Fsp3) is 0. The summed E-state index contributed by atoms with van der Waals surface area (Å²) in [5, 5.41) is 0. The zero-order valence-electron chi connectivity index (χ0n) is 2.17. The summed E-state index contributed by atoms with van der Waals surface area (Å²) < 4.78 is 0. The van der Waals surface area contributed by atoms with E-state index in [0.717, 1.165) is 0 Å². The van der Waals surface area contributed by atoms with Gasteiger partial charge in [0, 0.05) is 108 Å². The maximum Gasteiger partial charge on any atom is 0 e. The van der Waals surface area contributed by atoms with Gasteiger partial charge in [-0.15, -0.1) is 0 Å². The minimum absolute atomic E-state index is 0. The molecule has 0 aliphatic heterocycles. The molecule has 0 unspecified atom stereocenters. The van der Waals surface area contributed by atoms with E-state index in [1.54, 1.807) is 0 Å². The van der Waals surface area contributed by atoms with Crippen molar-refractivity contribution in [1.82, 2.24) is 0 Å². The van der Waals surface area contributed by atoms with Gasteiger partial charge < -0.3 is 0 Å². The summed E-state index contributed by atoms with van der Waals surface area (Å²) in [6.07, 6.45) is 0. The fourth-order valence-corrected chi connectivity index (χ4v) is 0. The van der Waals surface area contributed by atoms with Gasteiger partial charge in [-0.2, -0.15) is 0 Å². The van der Waals surface area contributed by atoms with Crippen LogP contribution in [-0.4, -0.2) is 23.9 Å². The fourth-order valence-electron chi connectivity index (χ4n) is 0. The van der Waals surface area contributed by atoms with Crippen molar-refractivity contribution in [3.05, 3.63) is 0 Å². The van der Waals surface area contributed by atoms with Gasteiger partial charge in [0.05, 0.1) is 0 Å². The molecule has 0 spiro atoms. The van der Waals surface area contributed by atoms with Crippen LogP contribution < -0.4 is 0 Å². The standard InChI is InChI=1S/5Co.Sn. The van der Waals surface area contributed by atoms with Crippen LogP contribution >= 0.6 is 0 Å². The normalized spacial score (nSPS) is 0. The molecule has 0 aromatic carbocycles. The van der Waals surface area contributed by atoms with E-state index in [4.69, 9.17) is 0 Å². The van der Waals surface area contributed by atoms with Crippen molar-refractivity contribution in [1.29, 1.82) is 0 Å². The minimum Gasteiger partial charge on any atom is 0 e. The summed E-state index contributed by atoms with van der Waals surface area (Å²) in [4.78, 5) is 0. The molecule has 0 amide bonds. The van der Waals surface area contributed by atoms with Gasteiger partial charge in [0.15, 0.2) is 0 Å². The Balaban J connectivity index is 0. The van der Waals surface area contributed by atoms with E-state index >= 15 is 0 Å². The van der Waals surface area contributed by atoms with Gasteiger partial charge in [-0.3, -0.25) is 0 Å². The smallest absolute Gasteiger partial charge is 0 e. The molecular weight excluding hydrogens is 413 g/mol. The van der Waals surface area contributed by atoms with Gasteiger partial charge in [0.25, 0.3) is 0 Å².